The average molecular weight is 640 g/mol. The number of rotatable bonds is 8. The molecule has 236 valence electrons. The summed E-state index contributed by atoms with van der Waals surface area (Å²) in [5.41, 5.74) is 2.51. The van der Waals surface area contributed by atoms with E-state index in [0.29, 0.717) is 29.0 Å². The van der Waals surface area contributed by atoms with Gasteiger partial charge in [-0.1, -0.05) is 41.6 Å². The van der Waals surface area contributed by atoms with Gasteiger partial charge in [-0.3, -0.25) is 19.3 Å². The fourth-order valence-corrected chi connectivity index (χ4v) is 5.52. The molecule has 1 N–H and O–H groups in total. The number of hydrogen-bond donors (Lipinski definition) is 1. The number of nitrogens with one attached hydrogen (secondary N) is 1. The van der Waals surface area contributed by atoms with Gasteiger partial charge in [-0.05, 0) is 66.9 Å². The monoisotopic (exact) mass is 639 g/mol. The van der Waals surface area contributed by atoms with Gasteiger partial charge < -0.3 is 9.84 Å². The number of imide groups is 1. The second-order valence-corrected chi connectivity index (χ2v) is 11.0. The summed E-state index contributed by atoms with van der Waals surface area (Å²) in [6.45, 7) is 3.67. The quantitative estimate of drug-likeness (QED) is 0.147. The van der Waals surface area contributed by atoms with Crippen LogP contribution in [0.3, 0.4) is 0 Å². The molecule has 0 saturated heterocycles. The van der Waals surface area contributed by atoms with Crippen molar-refractivity contribution in [2.75, 3.05) is 0 Å². The molecule has 0 spiro atoms. The summed E-state index contributed by atoms with van der Waals surface area (Å²) in [4.78, 5) is 40.7. The van der Waals surface area contributed by atoms with Crippen LogP contribution in [0.15, 0.2) is 89.5 Å². The van der Waals surface area contributed by atoms with Crippen molar-refractivity contribution in [2.45, 2.75) is 26.9 Å². The fourth-order valence-electron chi connectivity index (χ4n) is 5.52. The van der Waals surface area contributed by atoms with Crippen molar-refractivity contribution >= 4 is 28.9 Å². The Morgan fingerprint density at radius 2 is 1.28 bits per heavy atom. The topological polar surface area (TPSA) is 92.5 Å². The van der Waals surface area contributed by atoms with Crippen LogP contribution in [0.5, 0.6) is 0 Å². The first-order valence-corrected chi connectivity index (χ1v) is 14.4. The van der Waals surface area contributed by atoms with Gasteiger partial charge in [-0.15, -0.1) is 0 Å². The highest BCUT2D eigenvalue weighted by Crippen LogP contribution is 2.38. The van der Waals surface area contributed by atoms with E-state index in [1.165, 1.54) is 12.1 Å². The van der Waals surface area contributed by atoms with Crippen LogP contribution in [-0.2, 0) is 22.7 Å². The van der Waals surface area contributed by atoms with Crippen LogP contribution in [-0.4, -0.2) is 27.8 Å². The van der Waals surface area contributed by atoms with Crippen molar-refractivity contribution in [1.82, 2.24) is 15.4 Å². The Labute approximate surface area is 266 Å². The van der Waals surface area contributed by atoms with E-state index >= 15 is 0 Å². The summed E-state index contributed by atoms with van der Waals surface area (Å²) < 4.78 is 62.3. The van der Waals surface area contributed by atoms with E-state index in [1.807, 2.05) is 38.1 Å². The maximum atomic E-state index is 14.9. The molecule has 6 rings (SSSR count). The maximum absolute atomic E-state index is 14.9. The van der Waals surface area contributed by atoms with Crippen molar-refractivity contribution < 1.29 is 36.5 Å². The number of halogens is 4. The van der Waals surface area contributed by atoms with Crippen LogP contribution in [0.25, 0.3) is 22.3 Å². The molecule has 7 nitrogen and oxygen atoms in total. The molecular weight excluding hydrogens is 614 g/mol. The molecule has 1 aliphatic heterocycles. The number of benzene rings is 4. The second-order valence-electron chi connectivity index (χ2n) is 11.0. The first kappa shape index (κ1) is 31.2. The number of amides is 3. The number of carbonyl (C=O) groups excluding carboxylic acids is 3. The third-order valence-corrected chi connectivity index (χ3v) is 7.85. The van der Waals surface area contributed by atoms with E-state index < -0.39 is 57.4 Å². The molecule has 5 aromatic rings. The van der Waals surface area contributed by atoms with Gasteiger partial charge in [-0.25, -0.2) is 17.6 Å². The highest BCUT2D eigenvalue weighted by molar-refractivity contribution is 6.49. The van der Waals surface area contributed by atoms with Crippen LogP contribution >= 0.6 is 0 Å². The lowest BCUT2D eigenvalue weighted by Crippen LogP contribution is -2.31. The lowest BCUT2D eigenvalue weighted by molar-refractivity contribution is -0.136. The minimum Gasteiger partial charge on any atom is -0.361 e. The van der Waals surface area contributed by atoms with Crippen molar-refractivity contribution in [3.63, 3.8) is 0 Å². The standard InChI is InChI=1S/C36H25F4N3O4/c1-19-31(20(2)47-42-19)23-7-3-21(4-8-23)17-41-34(44)24-9-5-22(6-10-24)18-43-35(45)32(27-13-11-25(37)15-29(27)39)33(36(43)46)28-14-12-26(38)16-30(28)40/h3-16H,17-18H2,1-2H3,(H,41,44). The second kappa shape index (κ2) is 12.5. The molecule has 47 heavy (non-hydrogen) atoms. The highest BCUT2D eigenvalue weighted by Gasteiger charge is 2.41. The Morgan fingerprint density at radius 3 is 1.77 bits per heavy atom. The average Bonchev–Trinajstić information content (AvgIpc) is 3.50. The van der Waals surface area contributed by atoms with E-state index in [9.17, 15) is 31.9 Å². The molecule has 0 bridgehead atoms. The molecule has 0 radical (unpaired) electrons. The Hall–Kier alpha value is -5.84. The summed E-state index contributed by atoms with van der Waals surface area (Å²) in [5.74, 6) is -5.61. The van der Waals surface area contributed by atoms with Gasteiger partial charge in [0.2, 0.25) is 0 Å². The molecule has 11 heteroatoms. The van der Waals surface area contributed by atoms with Crippen molar-refractivity contribution in [3.05, 3.63) is 147 Å². The zero-order valence-electron chi connectivity index (χ0n) is 25.0. The molecule has 0 atom stereocenters. The third-order valence-electron chi connectivity index (χ3n) is 7.85. The molecule has 0 saturated carbocycles. The van der Waals surface area contributed by atoms with E-state index in [0.717, 1.165) is 51.5 Å². The summed E-state index contributed by atoms with van der Waals surface area (Å²) in [6.07, 6.45) is 0. The Morgan fingerprint density at radius 1 is 0.745 bits per heavy atom. The number of carbonyl (C=O) groups is 3. The predicted molar refractivity (Wildman–Crippen MR) is 164 cm³/mol. The smallest absolute Gasteiger partial charge is 0.262 e. The molecule has 1 aromatic heterocycles. The van der Waals surface area contributed by atoms with Crippen LogP contribution in [0.2, 0.25) is 0 Å². The maximum Gasteiger partial charge on any atom is 0.262 e. The molecular formula is C36H25F4N3O4. The third kappa shape index (κ3) is 6.07. The van der Waals surface area contributed by atoms with Crippen LogP contribution in [0.4, 0.5) is 17.6 Å². The van der Waals surface area contributed by atoms with Gasteiger partial charge >= 0.3 is 0 Å². The first-order chi connectivity index (χ1) is 22.5. The minimum atomic E-state index is -1.13. The van der Waals surface area contributed by atoms with Gasteiger partial charge in [0.15, 0.2) is 0 Å². The van der Waals surface area contributed by atoms with Gasteiger partial charge in [-0.2, -0.15) is 0 Å². The highest BCUT2D eigenvalue weighted by atomic mass is 19.1. The Balaban J connectivity index is 1.17. The molecule has 0 unspecified atom stereocenters. The summed E-state index contributed by atoms with van der Waals surface area (Å²) in [7, 11) is 0. The predicted octanol–water partition coefficient (Wildman–Crippen LogP) is 6.92. The SMILES string of the molecule is Cc1noc(C)c1-c1ccc(CNC(=O)c2ccc(CN3C(=O)C(c4ccc(F)cc4F)=C(c4ccc(F)cc4F)C3=O)cc2)cc1. The normalized spacial score (nSPS) is 13.1. The number of aryl methyl sites for hydroxylation is 2. The molecule has 2 heterocycles. The fraction of sp³-hybridized carbons (Fsp3) is 0.111. The summed E-state index contributed by atoms with van der Waals surface area (Å²) in [5, 5.41) is 6.82. The number of nitrogens with zero attached hydrogens (tertiary/aromatic N) is 2. The van der Waals surface area contributed by atoms with Crippen molar-refractivity contribution in [2.24, 2.45) is 0 Å². The molecule has 0 fully saturated rings. The van der Waals surface area contributed by atoms with Gasteiger partial charge in [0.25, 0.3) is 17.7 Å². The van der Waals surface area contributed by atoms with E-state index in [2.05, 4.69) is 10.5 Å². The van der Waals surface area contributed by atoms with E-state index in [1.54, 1.807) is 12.1 Å². The zero-order valence-corrected chi connectivity index (χ0v) is 25.0. The lowest BCUT2D eigenvalue weighted by atomic mass is 9.95. The molecule has 1 aliphatic rings. The first-order valence-electron chi connectivity index (χ1n) is 14.4. The summed E-state index contributed by atoms with van der Waals surface area (Å²) in [6, 6.07) is 18.6. The van der Waals surface area contributed by atoms with Crippen molar-refractivity contribution in [1.29, 1.82) is 0 Å². The Kier molecular flexibility index (Phi) is 8.29. The van der Waals surface area contributed by atoms with Gasteiger partial charge in [0.1, 0.15) is 29.0 Å². The molecule has 0 aliphatic carbocycles. The van der Waals surface area contributed by atoms with Crippen molar-refractivity contribution in [3.8, 4) is 11.1 Å². The lowest BCUT2D eigenvalue weighted by Gasteiger charge is -2.16. The molecule has 4 aromatic carbocycles. The van der Waals surface area contributed by atoms with Crippen LogP contribution in [0, 0.1) is 37.1 Å². The van der Waals surface area contributed by atoms with E-state index in [-0.39, 0.29) is 19.0 Å². The van der Waals surface area contributed by atoms with Crippen LogP contribution < -0.4 is 5.32 Å². The molecule has 3 amide bonds. The van der Waals surface area contributed by atoms with Gasteiger partial charge in [0.05, 0.1) is 23.4 Å². The van der Waals surface area contributed by atoms with Crippen LogP contribution in [0.1, 0.15) is 44.1 Å². The summed E-state index contributed by atoms with van der Waals surface area (Å²) >= 11 is 0. The minimum absolute atomic E-state index is 0.260. The van der Waals surface area contributed by atoms with Gasteiger partial charge in [0, 0.05) is 40.9 Å². The number of aromatic nitrogens is 1. The van der Waals surface area contributed by atoms with E-state index in [4.69, 9.17) is 4.52 Å². The zero-order chi connectivity index (χ0) is 33.4. The largest absolute Gasteiger partial charge is 0.361 e. The Bertz CT molecular complexity index is 1990. The number of hydrogen-bond acceptors (Lipinski definition) is 5.